The second-order valence-electron chi connectivity index (χ2n) is 4.10. The van der Waals surface area contributed by atoms with Crippen LogP contribution < -0.4 is 5.32 Å². The maximum absolute atomic E-state index is 12.2. The zero-order valence-corrected chi connectivity index (χ0v) is 9.43. The molecule has 2 N–H and O–H groups in total. The third-order valence-electron chi connectivity index (χ3n) is 2.19. The summed E-state index contributed by atoms with van der Waals surface area (Å²) in [5.41, 5.74) is -1.03. The van der Waals surface area contributed by atoms with Gasteiger partial charge in [-0.15, -0.1) is 0 Å². The molecule has 0 saturated carbocycles. The third-order valence-corrected chi connectivity index (χ3v) is 2.19. The standard InChI is InChI=1S/C10H17F3N2O/c1-3-4-9(2,16)7-15-6-8(5-14)10(11,12)13/h8,15-16H,3-4,6-7H2,1-2H3. The van der Waals surface area contributed by atoms with E-state index in [1.807, 2.05) is 6.92 Å². The smallest absolute Gasteiger partial charge is 0.389 e. The van der Waals surface area contributed by atoms with Gasteiger partial charge in [-0.2, -0.15) is 18.4 Å². The highest BCUT2D eigenvalue weighted by atomic mass is 19.4. The second-order valence-corrected chi connectivity index (χ2v) is 4.10. The molecule has 0 rings (SSSR count). The van der Waals surface area contributed by atoms with Crippen LogP contribution in [0.15, 0.2) is 0 Å². The van der Waals surface area contributed by atoms with Gasteiger partial charge >= 0.3 is 6.18 Å². The summed E-state index contributed by atoms with van der Waals surface area (Å²) in [6.07, 6.45) is -3.27. The first-order valence-electron chi connectivity index (χ1n) is 5.12. The Morgan fingerprint density at radius 2 is 2.00 bits per heavy atom. The van der Waals surface area contributed by atoms with Crippen LogP contribution >= 0.6 is 0 Å². The van der Waals surface area contributed by atoms with E-state index in [1.54, 1.807) is 6.92 Å². The van der Waals surface area contributed by atoms with Crippen LogP contribution in [-0.2, 0) is 0 Å². The molecule has 16 heavy (non-hydrogen) atoms. The SMILES string of the molecule is CCCC(C)(O)CNCC(C#N)C(F)(F)F. The molecule has 0 aliphatic rings. The number of halogens is 3. The summed E-state index contributed by atoms with van der Waals surface area (Å²) in [5, 5.41) is 20.5. The van der Waals surface area contributed by atoms with Crippen LogP contribution in [0.1, 0.15) is 26.7 Å². The van der Waals surface area contributed by atoms with E-state index in [9.17, 15) is 18.3 Å². The van der Waals surface area contributed by atoms with Crippen molar-refractivity contribution in [1.29, 1.82) is 5.26 Å². The number of alkyl halides is 3. The number of hydrogen-bond acceptors (Lipinski definition) is 3. The molecule has 0 fully saturated rings. The van der Waals surface area contributed by atoms with Gasteiger partial charge in [0.25, 0.3) is 0 Å². The van der Waals surface area contributed by atoms with Crippen molar-refractivity contribution >= 4 is 0 Å². The fourth-order valence-electron chi connectivity index (χ4n) is 1.35. The Morgan fingerprint density at radius 3 is 2.38 bits per heavy atom. The number of hydrogen-bond donors (Lipinski definition) is 2. The highest BCUT2D eigenvalue weighted by molar-refractivity contribution is 4.90. The molecule has 2 unspecified atom stereocenters. The molecule has 0 spiro atoms. The molecule has 0 aliphatic heterocycles. The van der Waals surface area contributed by atoms with Gasteiger partial charge in [-0.05, 0) is 13.3 Å². The van der Waals surface area contributed by atoms with Crippen molar-refractivity contribution in [3.05, 3.63) is 0 Å². The largest absolute Gasteiger partial charge is 0.405 e. The lowest BCUT2D eigenvalue weighted by Gasteiger charge is -2.24. The molecule has 6 heteroatoms. The second kappa shape index (κ2) is 6.06. The van der Waals surface area contributed by atoms with E-state index in [4.69, 9.17) is 5.26 Å². The number of nitrogens with one attached hydrogen (secondary N) is 1. The van der Waals surface area contributed by atoms with Gasteiger partial charge < -0.3 is 10.4 Å². The zero-order valence-electron chi connectivity index (χ0n) is 9.43. The van der Waals surface area contributed by atoms with Gasteiger partial charge in [0.2, 0.25) is 0 Å². The third kappa shape index (κ3) is 5.93. The minimum absolute atomic E-state index is 0.0507. The Kier molecular flexibility index (Phi) is 5.76. The van der Waals surface area contributed by atoms with Crippen molar-refractivity contribution < 1.29 is 18.3 Å². The zero-order chi connectivity index (χ0) is 12.8. The van der Waals surface area contributed by atoms with E-state index in [-0.39, 0.29) is 6.54 Å². The van der Waals surface area contributed by atoms with Crippen molar-refractivity contribution in [1.82, 2.24) is 5.32 Å². The molecule has 3 nitrogen and oxygen atoms in total. The summed E-state index contributed by atoms with van der Waals surface area (Å²) in [4.78, 5) is 0. The van der Waals surface area contributed by atoms with E-state index < -0.39 is 24.2 Å². The molecule has 0 aromatic heterocycles. The fourth-order valence-corrected chi connectivity index (χ4v) is 1.35. The summed E-state index contributed by atoms with van der Waals surface area (Å²) in [6, 6.07) is 1.19. The van der Waals surface area contributed by atoms with Crippen LogP contribution in [0.3, 0.4) is 0 Å². The van der Waals surface area contributed by atoms with Crippen LogP contribution in [0.2, 0.25) is 0 Å². The lowest BCUT2D eigenvalue weighted by molar-refractivity contribution is -0.158. The minimum atomic E-state index is -4.52. The van der Waals surface area contributed by atoms with Gasteiger partial charge in [0.05, 0.1) is 11.7 Å². The molecular formula is C10H17F3N2O. The maximum atomic E-state index is 12.2. The van der Waals surface area contributed by atoms with Crippen LogP contribution in [0.5, 0.6) is 0 Å². The molecule has 0 saturated heterocycles. The molecule has 0 heterocycles. The minimum Gasteiger partial charge on any atom is -0.389 e. The number of nitriles is 1. The normalized spacial score (nSPS) is 17.6. The van der Waals surface area contributed by atoms with Gasteiger partial charge in [0.1, 0.15) is 0 Å². The monoisotopic (exact) mass is 238 g/mol. The van der Waals surface area contributed by atoms with Gasteiger partial charge in [-0.1, -0.05) is 13.3 Å². The predicted molar refractivity (Wildman–Crippen MR) is 53.6 cm³/mol. The number of aliphatic hydroxyl groups is 1. The van der Waals surface area contributed by atoms with Crippen molar-refractivity contribution in [2.45, 2.75) is 38.5 Å². The molecule has 0 aromatic rings. The van der Waals surface area contributed by atoms with E-state index >= 15 is 0 Å². The Labute approximate surface area is 93.3 Å². The van der Waals surface area contributed by atoms with Crippen molar-refractivity contribution in [3.63, 3.8) is 0 Å². The highest BCUT2D eigenvalue weighted by Gasteiger charge is 2.39. The summed E-state index contributed by atoms with van der Waals surface area (Å²) in [6.45, 7) is 3.00. The summed E-state index contributed by atoms with van der Waals surface area (Å²) >= 11 is 0. The van der Waals surface area contributed by atoms with Gasteiger partial charge in [-0.3, -0.25) is 0 Å². The van der Waals surface area contributed by atoms with E-state index in [0.29, 0.717) is 6.42 Å². The van der Waals surface area contributed by atoms with Gasteiger partial charge in [0, 0.05) is 13.1 Å². The van der Waals surface area contributed by atoms with Crippen LogP contribution in [-0.4, -0.2) is 30.0 Å². The van der Waals surface area contributed by atoms with E-state index in [1.165, 1.54) is 6.07 Å². The molecular weight excluding hydrogens is 221 g/mol. The first-order valence-corrected chi connectivity index (χ1v) is 5.12. The van der Waals surface area contributed by atoms with Gasteiger partial charge in [0.15, 0.2) is 5.92 Å². The molecule has 0 aliphatic carbocycles. The molecule has 94 valence electrons. The topological polar surface area (TPSA) is 56.0 Å². The summed E-state index contributed by atoms with van der Waals surface area (Å²) in [7, 11) is 0. The lowest BCUT2D eigenvalue weighted by atomic mass is 10.0. The van der Waals surface area contributed by atoms with Crippen molar-refractivity contribution in [2.75, 3.05) is 13.1 Å². The van der Waals surface area contributed by atoms with E-state index in [2.05, 4.69) is 5.32 Å². The Balaban J connectivity index is 4.03. The molecule has 0 bridgehead atoms. The molecule has 0 amide bonds. The van der Waals surface area contributed by atoms with E-state index in [0.717, 1.165) is 6.42 Å². The Morgan fingerprint density at radius 1 is 1.44 bits per heavy atom. The first-order chi connectivity index (χ1) is 7.23. The maximum Gasteiger partial charge on any atom is 0.405 e. The first kappa shape index (κ1) is 15.2. The average Bonchev–Trinajstić information content (AvgIpc) is 2.10. The summed E-state index contributed by atoms with van der Waals surface area (Å²) < 4.78 is 36.5. The van der Waals surface area contributed by atoms with Crippen molar-refractivity contribution in [3.8, 4) is 6.07 Å². The molecule has 0 radical (unpaired) electrons. The number of rotatable bonds is 6. The Hall–Kier alpha value is -0.800. The number of nitrogens with zero attached hydrogens (tertiary/aromatic N) is 1. The predicted octanol–water partition coefficient (Wildman–Crippen LogP) is 1.83. The van der Waals surface area contributed by atoms with Gasteiger partial charge in [-0.25, -0.2) is 0 Å². The summed E-state index contributed by atoms with van der Waals surface area (Å²) in [5.74, 6) is -2.02. The van der Waals surface area contributed by atoms with Crippen molar-refractivity contribution in [2.24, 2.45) is 5.92 Å². The average molecular weight is 238 g/mol. The fraction of sp³-hybridized carbons (Fsp3) is 0.900. The van der Waals surface area contributed by atoms with Crippen LogP contribution in [0.4, 0.5) is 13.2 Å². The molecule has 2 atom stereocenters. The molecule has 0 aromatic carbocycles. The lowest BCUT2D eigenvalue weighted by Crippen LogP contribution is -2.41. The Bertz CT molecular complexity index is 245. The quantitative estimate of drug-likeness (QED) is 0.742. The highest BCUT2D eigenvalue weighted by Crippen LogP contribution is 2.25. The van der Waals surface area contributed by atoms with Crippen LogP contribution in [0.25, 0.3) is 0 Å². The van der Waals surface area contributed by atoms with Crippen LogP contribution in [0, 0.1) is 17.2 Å².